The molecule has 0 spiro atoms. The van der Waals surface area contributed by atoms with Gasteiger partial charge in [-0.1, -0.05) is 0 Å². The topological polar surface area (TPSA) is 29.9 Å². The summed E-state index contributed by atoms with van der Waals surface area (Å²) in [5.41, 5.74) is 2.27. The van der Waals surface area contributed by atoms with Crippen LogP contribution in [0.4, 0.5) is 0 Å². The van der Waals surface area contributed by atoms with E-state index in [1.807, 2.05) is 13.1 Å². The molecule has 0 saturated heterocycles. The van der Waals surface area contributed by atoms with Crippen LogP contribution in [0.25, 0.3) is 6.20 Å². The number of aryl methyl sites for hydroxylation is 1. The molecule has 3 heteroatoms. The largest absolute Gasteiger partial charge is 0.380 e. The number of aromatic nitrogens is 2. The molecule has 11 heavy (non-hydrogen) atoms. The van der Waals surface area contributed by atoms with Crippen LogP contribution in [-0.2, 0) is 6.54 Å². The Labute approximate surface area is 65.7 Å². The first kappa shape index (κ1) is 6.46. The lowest BCUT2D eigenvalue weighted by Gasteiger charge is -2.12. The Kier molecular flexibility index (Phi) is 1.24. The van der Waals surface area contributed by atoms with Crippen molar-refractivity contribution >= 4 is 6.20 Å². The van der Waals surface area contributed by atoms with Gasteiger partial charge >= 0.3 is 0 Å². The molecular weight excluding hydrogens is 138 g/mol. The molecule has 1 aromatic rings. The summed E-state index contributed by atoms with van der Waals surface area (Å²) in [6.45, 7) is 4.91. The highest BCUT2D eigenvalue weighted by atomic mass is 15.1. The molecule has 1 aliphatic rings. The molecule has 0 unspecified atom stereocenters. The van der Waals surface area contributed by atoms with Crippen molar-refractivity contribution in [1.82, 2.24) is 14.9 Å². The maximum Gasteiger partial charge on any atom is 0.132 e. The number of hydrogen-bond acceptors (Lipinski definition) is 2. The number of imidazole rings is 1. The maximum absolute atomic E-state index is 4.34. The number of hydrogen-bond donors (Lipinski definition) is 1. The van der Waals surface area contributed by atoms with E-state index >= 15 is 0 Å². The highest BCUT2D eigenvalue weighted by Crippen LogP contribution is 2.09. The van der Waals surface area contributed by atoms with E-state index in [9.17, 15) is 0 Å². The molecular formula is C8H11N3. The van der Waals surface area contributed by atoms with Crippen molar-refractivity contribution in [1.29, 1.82) is 0 Å². The fraction of sp³-hybridized carbons (Fsp3) is 0.375. The Hall–Kier alpha value is -1.25. The van der Waals surface area contributed by atoms with Crippen LogP contribution in [0.5, 0.6) is 0 Å². The minimum absolute atomic E-state index is 0.843. The Morgan fingerprint density at radius 2 is 2.36 bits per heavy atom. The predicted octanol–water partition coefficient (Wildman–Crippen LogP) is 1.11. The second kappa shape index (κ2) is 2.12. The Balaban J connectivity index is 2.50. The molecule has 1 aromatic heterocycles. The molecule has 0 fully saturated rings. The highest BCUT2D eigenvalue weighted by Gasteiger charge is 2.07. The summed E-state index contributed by atoms with van der Waals surface area (Å²) >= 11 is 0. The summed E-state index contributed by atoms with van der Waals surface area (Å²) in [5.74, 6) is 1.09. The summed E-state index contributed by atoms with van der Waals surface area (Å²) in [4.78, 5) is 4.34. The van der Waals surface area contributed by atoms with E-state index < -0.39 is 0 Å². The van der Waals surface area contributed by atoms with Gasteiger partial charge in [-0.05, 0) is 13.8 Å². The summed E-state index contributed by atoms with van der Waals surface area (Å²) in [6, 6.07) is 0. The van der Waals surface area contributed by atoms with Crippen LogP contribution >= 0.6 is 0 Å². The zero-order valence-electron chi connectivity index (χ0n) is 6.76. The number of nitrogens with one attached hydrogen (secondary N) is 1. The quantitative estimate of drug-likeness (QED) is 0.599. The third-order valence-corrected chi connectivity index (χ3v) is 1.79. The molecule has 58 valence electrons. The van der Waals surface area contributed by atoms with Gasteiger partial charge in [-0.25, -0.2) is 4.98 Å². The Morgan fingerprint density at radius 3 is 3.18 bits per heavy atom. The third kappa shape index (κ3) is 1.02. The molecule has 0 amide bonds. The van der Waals surface area contributed by atoms with E-state index in [1.54, 1.807) is 0 Å². The molecule has 0 atom stereocenters. The van der Waals surface area contributed by atoms with Crippen molar-refractivity contribution < 1.29 is 0 Å². The van der Waals surface area contributed by atoms with Crippen molar-refractivity contribution in [2.75, 3.05) is 0 Å². The van der Waals surface area contributed by atoms with Crippen LogP contribution < -0.4 is 5.32 Å². The predicted molar refractivity (Wildman–Crippen MR) is 43.8 cm³/mol. The van der Waals surface area contributed by atoms with Crippen molar-refractivity contribution in [3.8, 4) is 0 Å². The zero-order valence-corrected chi connectivity index (χ0v) is 6.76. The molecule has 0 aromatic carbocycles. The smallest absolute Gasteiger partial charge is 0.132 e. The van der Waals surface area contributed by atoms with Gasteiger partial charge in [0.25, 0.3) is 0 Å². The lowest BCUT2D eigenvalue weighted by atomic mass is 10.4. The van der Waals surface area contributed by atoms with Crippen molar-refractivity contribution in [2.45, 2.75) is 20.4 Å². The summed E-state index contributed by atoms with van der Waals surface area (Å²) in [6.07, 6.45) is 4.10. The van der Waals surface area contributed by atoms with Gasteiger partial charge in [0.1, 0.15) is 5.82 Å². The molecule has 1 aliphatic heterocycles. The van der Waals surface area contributed by atoms with Gasteiger partial charge < -0.3 is 9.88 Å². The van der Waals surface area contributed by atoms with Crippen LogP contribution in [0.2, 0.25) is 0 Å². The second-order valence-corrected chi connectivity index (χ2v) is 2.87. The number of fused-ring (bicyclic) bond motifs is 1. The van der Waals surface area contributed by atoms with E-state index in [1.165, 1.54) is 5.70 Å². The van der Waals surface area contributed by atoms with Crippen LogP contribution in [0.3, 0.4) is 0 Å². The van der Waals surface area contributed by atoms with Gasteiger partial charge in [-0.3, -0.25) is 0 Å². The first-order chi connectivity index (χ1) is 5.25. The fourth-order valence-electron chi connectivity index (χ4n) is 1.28. The first-order valence-electron chi connectivity index (χ1n) is 3.72. The number of rotatable bonds is 0. The molecule has 3 nitrogen and oxygen atoms in total. The maximum atomic E-state index is 4.34. The number of nitrogens with zero attached hydrogens (tertiary/aromatic N) is 2. The van der Waals surface area contributed by atoms with Crippen molar-refractivity contribution in [3.63, 3.8) is 0 Å². The standard InChI is InChI=1S/C8H11N3/c1-6-4-11-5-7(2)10-8(11)3-9-6/h4-5,9H,3H2,1-2H3. The van der Waals surface area contributed by atoms with E-state index in [0.717, 1.165) is 18.1 Å². The van der Waals surface area contributed by atoms with Crippen LogP contribution in [-0.4, -0.2) is 9.55 Å². The van der Waals surface area contributed by atoms with Crippen LogP contribution in [0.1, 0.15) is 18.4 Å². The monoisotopic (exact) mass is 149 g/mol. The molecule has 2 rings (SSSR count). The first-order valence-corrected chi connectivity index (χ1v) is 3.72. The zero-order chi connectivity index (χ0) is 7.84. The van der Waals surface area contributed by atoms with Crippen LogP contribution in [0, 0.1) is 6.92 Å². The van der Waals surface area contributed by atoms with Crippen molar-refractivity contribution in [3.05, 3.63) is 23.4 Å². The minimum Gasteiger partial charge on any atom is -0.380 e. The minimum atomic E-state index is 0.843. The Bertz CT molecular complexity index is 309. The molecule has 0 bridgehead atoms. The van der Waals surface area contributed by atoms with Gasteiger partial charge in [0.2, 0.25) is 0 Å². The van der Waals surface area contributed by atoms with E-state index in [-0.39, 0.29) is 0 Å². The van der Waals surface area contributed by atoms with E-state index in [2.05, 4.69) is 28.0 Å². The lowest BCUT2D eigenvalue weighted by molar-refractivity contribution is 0.719. The molecule has 2 heterocycles. The van der Waals surface area contributed by atoms with Gasteiger partial charge in [-0.2, -0.15) is 0 Å². The summed E-state index contributed by atoms with van der Waals surface area (Å²) in [7, 11) is 0. The van der Waals surface area contributed by atoms with Gasteiger partial charge in [-0.15, -0.1) is 0 Å². The van der Waals surface area contributed by atoms with E-state index in [4.69, 9.17) is 0 Å². The SMILES string of the molecule is CC1=Cn2cc(C)nc2CN1. The second-order valence-electron chi connectivity index (χ2n) is 2.87. The van der Waals surface area contributed by atoms with Crippen molar-refractivity contribution in [2.24, 2.45) is 0 Å². The summed E-state index contributed by atoms with van der Waals surface area (Å²) < 4.78 is 2.07. The lowest BCUT2D eigenvalue weighted by Crippen LogP contribution is -2.18. The normalized spacial score (nSPS) is 15.3. The highest BCUT2D eigenvalue weighted by molar-refractivity contribution is 5.34. The molecule has 0 radical (unpaired) electrons. The fourth-order valence-corrected chi connectivity index (χ4v) is 1.28. The van der Waals surface area contributed by atoms with Crippen LogP contribution in [0.15, 0.2) is 11.9 Å². The third-order valence-electron chi connectivity index (χ3n) is 1.79. The average molecular weight is 149 g/mol. The summed E-state index contributed by atoms with van der Waals surface area (Å²) in [5, 5.41) is 3.23. The average Bonchev–Trinajstić information content (AvgIpc) is 2.27. The molecule has 1 N–H and O–H groups in total. The van der Waals surface area contributed by atoms with Gasteiger partial charge in [0, 0.05) is 18.1 Å². The number of allylic oxidation sites excluding steroid dienone is 1. The van der Waals surface area contributed by atoms with Gasteiger partial charge in [0.05, 0.1) is 12.2 Å². The molecule has 0 saturated carbocycles. The van der Waals surface area contributed by atoms with E-state index in [0.29, 0.717) is 0 Å². The molecule has 0 aliphatic carbocycles. The van der Waals surface area contributed by atoms with Gasteiger partial charge in [0.15, 0.2) is 0 Å². The Morgan fingerprint density at radius 1 is 1.55 bits per heavy atom.